The highest BCUT2D eigenvalue weighted by molar-refractivity contribution is 6.35. The summed E-state index contributed by atoms with van der Waals surface area (Å²) < 4.78 is 15.8. The predicted octanol–water partition coefficient (Wildman–Crippen LogP) is 4.11. The lowest BCUT2D eigenvalue weighted by molar-refractivity contribution is -0.122. The molecule has 0 aliphatic heterocycles. The molecule has 0 aliphatic rings. The van der Waals surface area contributed by atoms with Crippen molar-refractivity contribution in [1.29, 1.82) is 0 Å². The molecule has 9 heteroatoms. The van der Waals surface area contributed by atoms with Gasteiger partial charge in [0.1, 0.15) is 5.75 Å². The molecule has 0 aliphatic carbocycles. The van der Waals surface area contributed by atoms with E-state index in [9.17, 15) is 14.7 Å². The minimum absolute atomic E-state index is 0.0443. The van der Waals surface area contributed by atoms with E-state index in [4.69, 9.17) is 37.4 Å². The number of carboxylic acids is 1. The average molecular weight is 414 g/mol. The fraction of sp³-hybridized carbons (Fsp3) is 0.222. The molecule has 0 unspecified atom stereocenters. The van der Waals surface area contributed by atoms with Crippen LogP contribution in [0.4, 0.5) is 5.69 Å². The first-order chi connectivity index (χ1) is 12.8. The summed E-state index contributed by atoms with van der Waals surface area (Å²) in [5, 5.41) is 12.6. The standard InChI is InChI=1S/C18H17Cl2NO6/c1-9(27-14-5-4-10(19)6-12(14)20)17(22)21-13-8-16(26-3)15(25-2)7-11(13)18(23)24/h4-9H,1-3H3,(H,21,22)(H,23,24)/t9-/m0/s1. The number of carboxylic acid groups (broad SMARTS) is 1. The van der Waals surface area contributed by atoms with Crippen molar-refractivity contribution in [3.8, 4) is 17.2 Å². The summed E-state index contributed by atoms with van der Waals surface area (Å²) in [7, 11) is 2.78. The number of carbonyl (C=O) groups is 2. The molecule has 1 atom stereocenters. The fourth-order valence-electron chi connectivity index (χ4n) is 2.21. The minimum atomic E-state index is -1.24. The van der Waals surface area contributed by atoms with Gasteiger partial charge in [0, 0.05) is 17.2 Å². The van der Waals surface area contributed by atoms with E-state index in [0.717, 1.165) is 0 Å². The number of hydrogen-bond acceptors (Lipinski definition) is 5. The zero-order valence-corrected chi connectivity index (χ0v) is 16.2. The summed E-state index contributed by atoms with van der Waals surface area (Å²) in [6, 6.07) is 7.22. The van der Waals surface area contributed by atoms with E-state index in [1.807, 2.05) is 0 Å². The van der Waals surface area contributed by atoms with Crippen LogP contribution >= 0.6 is 23.2 Å². The number of amides is 1. The van der Waals surface area contributed by atoms with Gasteiger partial charge in [-0.1, -0.05) is 23.2 Å². The van der Waals surface area contributed by atoms with Crippen molar-refractivity contribution in [2.24, 2.45) is 0 Å². The number of aromatic carboxylic acids is 1. The van der Waals surface area contributed by atoms with Crippen LogP contribution in [0.1, 0.15) is 17.3 Å². The first-order valence-electron chi connectivity index (χ1n) is 7.68. The first-order valence-corrected chi connectivity index (χ1v) is 8.44. The molecule has 2 N–H and O–H groups in total. The molecule has 0 bridgehead atoms. The van der Waals surface area contributed by atoms with Gasteiger partial charge in [-0.05, 0) is 25.1 Å². The number of benzene rings is 2. The minimum Gasteiger partial charge on any atom is -0.493 e. The summed E-state index contributed by atoms with van der Waals surface area (Å²) in [5.41, 5.74) is -0.111. The third-order valence-corrected chi connectivity index (χ3v) is 4.11. The maximum atomic E-state index is 12.5. The molecular formula is C18H17Cl2NO6. The van der Waals surface area contributed by atoms with Gasteiger partial charge >= 0.3 is 5.97 Å². The Labute approximate surface area is 165 Å². The van der Waals surface area contributed by atoms with Gasteiger partial charge in [0.05, 0.1) is 30.5 Å². The molecule has 0 saturated carbocycles. The lowest BCUT2D eigenvalue weighted by Crippen LogP contribution is -2.30. The quantitative estimate of drug-likeness (QED) is 0.708. The predicted molar refractivity (Wildman–Crippen MR) is 102 cm³/mol. The van der Waals surface area contributed by atoms with Crippen LogP contribution in [0, 0.1) is 0 Å². The lowest BCUT2D eigenvalue weighted by atomic mass is 10.1. The summed E-state index contributed by atoms with van der Waals surface area (Å²) >= 11 is 11.9. The molecule has 0 heterocycles. The molecule has 1 amide bonds. The van der Waals surface area contributed by atoms with E-state index in [-0.39, 0.29) is 33.5 Å². The van der Waals surface area contributed by atoms with Crippen LogP contribution in [-0.4, -0.2) is 37.3 Å². The molecule has 0 fully saturated rings. The van der Waals surface area contributed by atoms with Gasteiger partial charge in [-0.2, -0.15) is 0 Å². The average Bonchev–Trinajstić information content (AvgIpc) is 2.63. The summed E-state index contributed by atoms with van der Waals surface area (Å²) in [4.78, 5) is 24.0. The molecule has 0 saturated heterocycles. The monoisotopic (exact) mass is 413 g/mol. The van der Waals surface area contributed by atoms with Gasteiger partial charge < -0.3 is 24.6 Å². The number of rotatable bonds is 7. The number of halogens is 2. The molecule has 7 nitrogen and oxygen atoms in total. The van der Waals surface area contributed by atoms with E-state index >= 15 is 0 Å². The fourth-order valence-corrected chi connectivity index (χ4v) is 2.66. The van der Waals surface area contributed by atoms with Crippen LogP contribution in [0.3, 0.4) is 0 Å². The van der Waals surface area contributed by atoms with Crippen LogP contribution in [0.25, 0.3) is 0 Å². The van der Waals surface area contributed by atoms with Gasteiger partial charge in [0.2, 0.25) is 0 Å². The molecule has 2 aromatic rings. The molecule has 2 aromatic carbocycles. The van der Waals surface area contributed by atoms with E-state index in [0.29, 0.717) is 5.02 Å². The second kappa shape index (κ2) is 8.83. The highest BCUT2D eigenvalue weighted by atomic mass is 35.5. The van der Waals surface area contributed by atoms with Crippen molar-refractivity contribution in [2.45, 2.75) is 13.0 Å². The third-order valence-electron chi connectivity index (χ3n) is 3.58. The topological polar surface area (TPSA) is 94.1 Å². The summed E-state index contributed by atoms with van der Waals surface area (Å²) in [5.74, 6) is -1.04. The zero-order valence-electron chi connectivity index (χ0n) is 14.7. The number of nitrogens with one attached hydrogen (secondary N) is 1. The van der Waals surface area contributed by atoms with E-state index in [2.05, 4.69) is 5.32 Å². The maximum Gasteiger partial charge on any atom is 0.337 e. The van der Waals surface area contributed by atoms with Crippen molar-refractivity contribution in [2.75, 3.05) is 19.5 Å². The second-order valence-electron chi connectivity index (χ2n) is 5.38. The summed E-state index contributed by atoms with van der Waals surface area (Å²) in [6.45, 7) is 1.50. The Morgan fingerprint density at radius 2 is 1.67 bits per heavy atom. The van der Waals surface area contributed by atoms with Crippen molar-refractivity contribution in [3.63, 3.8) is 0 Å². The van der Waals surface area contributed by atoms with Crippen LogP contribution in [0.5, 0.6) is 17.2 Å². The van der Waals surface area contributed by atoms with Gasteiger partial charge in [-0.15, -0.1) is 0 Å². The highest BCUT2D eigenvalue weighted by Gasteiger charge is 2.22. The maximum absolute atomic E-state index is 12.5. The van der Waals surface area contributed by atoms with Gasteiger partial charge in [0.25, 0.3) is 5.91 Å². The van der Waals surface area contributed by atoms with Crippen LogP contribution < -0.4 is 19.5 Å². The Morgan fingerprint density at radius 1 is 1.04 bits per heavy atom. The van der Waals surface area contributed by atoms with E-state index < -0.39 is 18.0 Å². The van der Waals surface area contributed by atoms with Crippen LogP contribution in [0.15, 0.2) is 30.3 Å². The number of carbonyl (C=O) groups excluding carboxylic acids is 1. The number of methoxy groups -OCH3 is 2. The Balaban J connectivity index is 2.24. The van der Waals surface area contributed by atoms with Gasteiger partial charge in [-0.3, -0.25) is 4.79 Å². The lowest BCUT2D eigenvalue weighted by Gasteiger charge is -2.18. The van der Waals surface area contributed by atoms with Gasteiger partial charge in [-0.25, -0.2) is 4.79 Å². The second-order valence-corrected chi connectivity index (χ2v) is 6.23. The van der Waals surface area contributed by atoms with Crippen molar-refractivity contribution >= 4 is 40.8 Å². The number of ether oxygens (including phenoxy) is 3. The Morgan fingerprint density at radius 3 is 2.22 bits per heavy atom. The number of anilines is 1. The summed E-state index contributed by atoms with van der Waals surface area (Å²) in [6.07, 6.45) is -0.960. The van der Waals surface area contributed by atoms with Crippen molar-refractivity contribution in [1.82, 2.24) is 0 Å². The molecule has 0 radical (unpaired) electrons. The molecule has 2 rings (SSSR count). The van der Waals surface area contributed by atoms with Crippen LogP contribution in [0.2, 0.25) is 10.0 Å². The molecule has 0 spiro atoms. The van der Waals surface area contributed by atoms with Crippen molar-refractivity contribution in [3.05, 3.63) is 45.9 Å². The highest BCUT2D eigenvalue weighted by Crippen LogP contribution is 2.34. The SMILES string of the molecule is COc1cc(NC(=O)[C@H](C)Oc2ccc(Cl)cc2Cl)c(C(=O)O)cc1OC. The molecule has 144 valence electrons. The Kier molecular flexibility index (Phi) is 6.76. The van der Waals surface area contributed by atoms with Gasteiger partial charge in [0.15, 0.2) is 17.6 Å². The molecule has 27 heavy (non-hydrogen) atoms. The first kappa shape index (κ1) is 20.7. The van der Waals surface area contributed by atoms with Crippen LogP contribution in [-0.2, 0) is 4.79 Å². The molecular weight excluding hydrogens is 397 g/mol. The third kappa shape index (κ3) is 4.96. The normalized spacial score (nSPS) is 11.4. The molecule has 0 aromatic heterocycles. The van der Waals surface area contributed by atoms with Crippen molar-refractivity contribution < 1.29 is 28.9 Å². The Bertz CT molecular complexity index is 871. The zero-order chi connectivity index (χ0) is 20.1. The van der Waals surface area contributed by atoms with E-state index in [1.54, 1.807) is 6.07 Å². The Hall–Kier alpha value is -2.64. The largest absolute Gasteiger partial charge is 0.493 e. The van der Waals surface area contributed by atoms with E-state index in [1.165, 1.54) is 45.4 Å². The smallest absolute Gasteiger partial charge is 0.337 e. The number of hydrogen-bond donors (Lipinski definition) is 2.